The highest BCUT2D eigenvalue weighted by molar-refractivity contribution is 6.43. The Morgan fingerprint density at radius 3 is 1.84 bits per heavy atom. The molecule has 0 spiro atoms. The number of carboxylic acid groups (broad SMARTS) is 1. The molecule has 3 amide bonds. The van der Waals surface area contributed by atoms with E-state index in [1.54, 1.807) is 55.6 Å². The third-order valence-corrected chi connectivity index (χ3v) is 20.3. The summed E-state index contributed by atoms with van der Waals surface area (Å²) in [7, 11) is 1.55. The minimum atomic E-state index is -0.867. The number of carboxylic acids is 1. The smallest absolute Gasteiger partial charge is 0.305 e. The fourth-order valence-corrected chi connectivity index (χ4v) is 13.5. The molecule has 0 unspecified atom stereocenters. The van der Waals surface area contributed by atoms with Crippen LogP contribution in [0.15, 0.2) is 126 Å². The highest BCUT2D eigenvalue weighted by Gasteiger charge is 2.32. The molecular weight excluding hydrogens is 1400 g/mol. The van der Waals surface area contributed by atoms with Gasteiger partial charge in [0.05, 0.1) is 59.8 Å². The first kappa shape index (κ1) is 75.6. The van der Waals surface area contributed by atoms with E-state index in [4.69, 9.17) is 101 Å². The van der Waals surface area contributed by atoms with Crippen molar-refractivity contribution in [2.75, 3.05) is 111 Å². The largest absolute Gasteiger partial charge is 0.495 e. The lowest BCUT2D eigenvalue weighted by atomic mass is 9.98. The third-order valence-electron chi connectivity index (χ3n) is 17.8. The van der Waals surface area contributed by atoms with Crippen LogP contribution in [0.4, 0.5) is 10.1 Å². The summed E-state index contributed by atoms with van der Waals surface area (Å²) < 4.78 is 31.0. The Morgan fingerprint density at radius 1 is 0.612 bits per heavy atom. The van der Waals surface area contributed by atoms with Crippen LogP contribution in [0.1, 0.15) is 94.2 Å². The van der Waals surface area contributed by atoms with Gasteiger partial charge in [0, 0.05) is 157 Å². The number of likely N-dealkylation sites (tertiary alicyclic amines) is 3. The number of hydrogen-bond donors (Lipinski definition) is 5. The van der Waals surface area contributed by atoms with E-state index < -0.39 is 11.8 Å². The number of nitrogens with one attached hydrogen (secondary N) is 4. The summed E-state index contributed by atoms with van der Waals surface area (Å²) in [5, 5.41) is 22.0. The number of piperazine rings is 1. The molecule has 0 bridgehead atoms. The van der Waals surface area contributed by atoms with Crippen LogP contribution >= 0.6 is 81.2 Å². The van der Waals surface area contributed by atoms with E-state index >= 15 is 0 Å². The van der Waals surface area contributed by atoms with E-state index in [1.807, 2.05) is 53.4 Å². The molecule has 11 rings (SSSR count). The monoisotopic (exact) mass is 1490 g/mol. The van der Waals surface area contributed by atoms with Crippen molar-refractivity contribution in [3.8, 4) is 17.2 Å². The van der Waals surface area contributed by atoms with Crippen LogP contribution in [0.3, 0.4) is 0 Å². The highest BCUT2D eigenvalue weighted by atomic mass is 35.5. The highest BCUT2D eigenvalue weighted by Crippen LogP contribution is 2.32. The number of rotatable bonds is 22. The number of aromatic nitrogens is 1. The van der Waals surface area contributed by atoms with Gasteiger partial charge in [-0.15, -0.1) is 0 Å². The Labute approximate surface area is 611 Å². The van der Waals surface area contributed by atoms with Gasteiger partial charge >= 0.3 is 5.97 Å². The lowest BCUT2D eigenvalue weighted by Crippen LogP contribution is -2.50. The Balaban J connectivity index is 0.000000271. The van der Waals surface area contributed by atoms with Gasteiger partial charge in [0.2, 0.25) is 0 Å². The lowest BCUT2D eigenvalue weighted by Gasteiger charge is -2.41. The number of carbonyl (C=O) groups excluding carboxylic acids is 3. The predicted molar refractivity (Wildman–Crippen MR) is 397 cm³/mol. The Hall–Kier alpha value is -6.59. The molecule has 0 radical (unpaired) electrons. The van der Waals surface area contributed by atoms with Crippen LogP contribution in [-0.4, -0.2) is 182 Å². The van der Waals surface area contributed by atoms with Gasteiger partial charge in [-0.25, -0.2) is 4.39 Å². The van der Waals surface area contributed by atoms with E-state index in [0.717, 1.165) is 122 Å². The summed E-state index contributed by atoms with van der Waals surface area (Å²) in [6, 6.07) is 33.1. The first-order chi connectivity index (χ1) is 47.2. The number of piperidine rings is 3. The zero-order valence-electron chi connectivity index (χ0n) is 54.6. The van der Waals surface area contributed by atoms with Gasteiger partial charge in [0.15, 0.2) is 0 Å². The van der Waals surface area contributed by atoms with E-state index in [-0.39, 0.29) is 71.0 Å². The molecule has 532 valence electrons. The number of H-pyrrole nitrogens is 1. The number of aliphatic carboxylic acids is 1. The first-order valence-electron chi connectivity index (χ1n) is 32.8. The van der Waals surface area contributed by atoms with Gasteiger partial charge in [-0.05, 0) is 135 Å². The summed E-state index contributed by atoms with van der Waals surface area (Å²) in [5.41, 5.74) is 2.87. The summed E-state index contributed by atoms with van der Waals surface area (Å²) in [5.74, 6) is 0.404. The topological polar surface area (TPSA) is 201 Å². The molecule has 4 saturated heterocycles. The standard InChI is InChI=1S/C26H31Cl2N3O4.C25H26Cl2FN3O3.C21H24Cl3N3O2.4H2/c27-22-6-5-20(17-23(22)28)35-19-10-15-30(16-11-19)18-8-13-31(14-9-18)26(34)21-3-1-2-4-24(21)29-12-7-25(32)33;1-15(12-29-25(33)21-13-30-24(32)19-4-2-16(28)10-20(19)21)14-31-8-6-17(7-9-31)34-18-3-5-22(26)23(27)11-18;1-29-20-5-3-16(13-19(20)24)21(28)25-6-7-26-8-10-27(11-9-26)14-15-2-4-17(22)18(23)12-15;;;;/h1-6,17-19,29H,7-16H2,(H,32,33);2-5,10-11,13,15,17H,6-9,12,14H2,1H3,(H,29,33)(H,30,32);2-5,12-13H,6-11,14H2,1H3,(H,25,28);4*1H/t;15-;;;;;/m.1...../s1. The number of hydrogen-bond acceptors (Lipinski definition) is 13. The number of pyridine rings is 1. The van der Waals surface area contributed by atoms with E-state index in [2.05, 4.69) is 47.5 Å². The molecule has 26 heteroatoms. The van der Waals surface area contributed by atoms with Crippen LogP contribution in [0.5, 0.6) is 17.2 Å². The molecule has 1 atom stereocenters. The molecule has 4 fully saturated rings. The fraction of sp³-hybridized carbons (Fsp3) is 0.403. The first-order valence-corrected chi connectivity index (χ1v) is 35.4. The number of amides is 3. The molecule has 0 aliphatic carbocycles. The average Bonchev–Trinajstić information content (AvgIpc) is 0.797. The van der Waals surface area contributed by atoms with Gasteiger partial charge in [-0.1, -0.05) is 106 Å². The quantitative estimate of drug-likeness (QED) is 0.0429. The Morgan fingerprint density at radius 2 is 1.22 bits per heavy atom. The van der Waals surface area contributed by atoms with Gasteiger partial charge in [0.1, 0.15) is 35.3 Å². The van der Waals surface area contributed by atoms with Crippen LogP contribution in [0, 0.1) is 11.7 Å². The average molecular weight is 1490 g/mol. The van der Waals surface area contributed by atoms with Crippen molar-refractivity contribution in [3.63, 3.8) is 0 Å². The Kier molecular flexibility index (Phi) is 28.7. The molecule has 98 heavy (non-hydrogen) atoms. The minimum absolute atomic E-state index is 0. The molecule has 4 aliphatic heterocycles. The summed E-state index contributed by atoms with van der Waals surface area (Å²) >= 11 is 42.3. The normalized spacial score (nSPS) is 16.4. The van der Waals surface area contributed by atoms with Gasteiger partial charge in [0.25, 0.3) is 23.3 Å². The van der Waals surface area contributed by atoms with Crippen molar-refractivity contribution in [2.45, 2.75) is 76.7 Å². The van der Waals surface area contributed by atoms with Crippen molar-refractivity contribution in [2.24, 2.45) is 5.92 Å². The number of halogens is 8. The van der Waals surface area contributed by atoms with Crippen LogP contribution in [0.25, 0.3) is 10.8 Å². The molecule has 0 saturated carbocycles. The van der Waals surface area contributed by atoms with Crippen molar-refractivity contribution in [3.05, 3.63) is 195 Å². The SMILES string of the molecule is COc1ccc(C(=O)NCCN2CCN(Cc3ccc(Cl)c(Cl)c3)CC2)cc1Cl.C[C@H](CNC(=O)c1c[nH]c(=O)c2ccc(F)cc12)CN1CCC(Oc2ccc(Cl)c(Cl)c2)CC1.O=C(O)CCNc1ccccc1C(=O)N1CCC(N2CCC(Oc3ccc(Cl)c(Cl)c3)CC2)CC1.[HH].[HH].[HH].[HH]. The molecule has 5 heterocycles. The van der Waals surface area contributed by atoms with Crippen molar-refractivity contribution in [1.29, 1.82) is 0 Å². The second-order valence-corrected chi connectivity index (χ2v) is 27.6. The number of aromatic amines is 1. The van der Waals surface area contributed by atoms with E-state index in [9.17, 15) is 28.4 Å². The number of para-hydroxylation sites is 1. The van der Waals surface area contributed by atoms with Gasteiger partial charge < -0.3 is 50.1 Å². The second-order valence-electron chi connectivity index (χ2n) is 24.8. The number of ether oxygens (including phenoxy) is 3. The molecular formula is C72H89Cl7FN9O9. The van der Waals surface area contributed by atoms with Crippen molar-refractivity contribution < 1.29 is 48.6 Å². The van der Waals surface area contributed by atoms with Gasteiger partial charge in [-0.3, -0.25) is 38.7 Å². The van der Waals surface area contributed by atoms with Crippen LogP contribution in [0.2, 0.25) is 35.2 Å². The number of nitrogens with zero attached hydrogens (tertiary/aromatic N) is 5. The second kappa shape index (κ2) is 37.2. The molecule has 1 aromatic heterocycles. The zero-order chi connectivity index (χ0) is 69.8. The fourth-order valence-electron chi connectivity index (χ4n) is 12.4. The summed E-state index contributed by atoms with van der Waals surface area (Å²) in [6.45, 7) is 15.0. The molecule has 4 aliphatic rings. The molecule has 6 aromatic carbocycles. The Bertz CT molecular complexity index is 3940. The number of fused-ring (bicyclic) bond motifs is 1. The summed E-state index contributed by atoms with van der Waals surface area (Å²) in [4.78, 5) is 75.1. The number of benzene rings is 6. The zero-order valence-corrected chi connectivity index (χ0v) is 59.9. The maximum atomic E-state index is 13.7. The summed E-state index contributed by atoms with van der Waals surface area (Å²) in [6.07, 6.45) is 7.21. The van der Waals surface area contributed by atoms with Crippen molar-refractivity contribution in [1.82, 2.24) is 40.1 Å². The molecule has 7 aromatic rings. The van der Waals surface area contributed by atoms with E-state index in [0.29, 0.717) is 95.3 Å². The van der Waals surface area contributed by atoms with Crippen LogP contribution < -0.4 is 35.7 Å². The maximum absolute atomic E-state index is 13.7. The lowest BCUT2D eigenvalue weighted by molar-refractivity contribution is -0.136. The third kappa shape index (κ3) is 22.2. The van der Waals surface area contributed by atoms with Crippen molar-refractivity contribution >= 4 is 121 Å². The number of methoxy groups -OCH3 is 1. The van der Waals surface area contributed by atoms with Crippen LogP contribution in [-0.2, 0) is 11.3 Å². The van der Waals surface area contributed by atoms with Gasteiger partial charge in [-0.2, -0.15) is 0 Å². The molecule has 18 nitrogen and oxygen atoms in total. The minimum Gasteiger partial charge on any atom is -0.495 e. The predicted octanol–water partition coefficient (Wildman–Crippen LogP) is 15.1. The number of carbonyl (C=O) groups is 4. The maximum Gasteiger partial charge on any atom is 0.305 e. The number of anilines is 1. The molecule has 5 N–H and O–H groups in total. The van der Waals surface area contributed by atoms with E-state index in [1.165, 1.54) is 30.0 Å².